The van der Waals surface area contributed by atoms with Crippen molar-refractivity contribution in [3.05, 3.63) is 47.6 Å². The zero-order valence-electron chi connectivity index (χ0n) is 39.6. The minimum Gasteiger partial charge on any atom is -0.460 e. The van der Waals surface area contributed by atoms with Gasteiger partial charge in [0.1, 0.15) is 18.2 Å². The summed E-state index contributed by atoms with van der Waals surface area (Å²) in [6, 6.07) is -1.16. The number of allylic oxidation sites excluding steroid dienone is 6. The summed E-state index contributed by atoms with van der Waals surface area (Å²) >= 11 is 0. The van der Waals surface area contributed by atoms with Gasteiger partial charge in [0, 0.05) is 51.4 Å². The van der Waals surface area contributed by atoms with E-state index in [1.165, 1.54) is 12.0 Å². The first-order valence-corrected chi connectivity index (χ1v) is 23.5. The number of cyclic esters (lactones) is 1. The first kappa shape index (κ1) is 53.2. The molecule has 0 aromatic heterocycles. The number of ketones is 3. The Bertz CT molecular complexity index is 1740. The van der Waals surface area contributed by atoms with Crippen LogP contribution in [0.3, 0.4) is 0 Å². The van der Waals surface area contributed by atoms with Crippen molar-refractivity contribution in [3.63, 3.8) is 0 Å². The highest BCUT2D eigenvalue weighted by Crippen LogP contribution is 2.37. The van der Waals surface area contributed by atoms with Crippen LogP contribution in [0.2, 0.25) is 0 Å². The predicted molar refractivity (Wildman–Crippen MR) is 240 cm³/mol. The number of hydrogen-bond acceptors (Lipinski definition) is 13. The molecule has 3 aliphatic heterocycles. The van der Waals surface area contributed by atoms with Crippen molar-refractivity contribution in [3.8, 4) is 0 Å². The van der Waals surface area contributed by atoms with Crippen LogP contribution >= 0.6 is 0 Å². The number of carbonyl (C=O) groups is 5. The number of fused-ring (bicyclic) bond motifs is 3. The summed E-state index contributed by atoms with van der Waals surface area (Å²) in [6.07, 6.45) is 9.65. The molecule has 2 bridgehead atoms. The van der Waals surface area contributed by atoms with Crippen LogP contribution in [0.1, 0.15) is 126 Å². The molecule has 0 radical (unpaired) electrons. The zero-order chi connectivity index (χ0) is 47.5. The Morgan fingerprint density at radius 2 is 1.58 bits per heavy atom. The third-order valence-corrected chi connectivity index (χ3v) is 14.2. The average molecular weight is 900 g/mol. The van der Waals surface area contributed by atoms with Crippen LogP contribution in [0, 0.1) is 35.5 Å². The number of aliphatic hydroxyl groups is 4. The number of rotatable bonds is 5. The van der Waals surface area contributed by atoms with Crippen molar-refractivity contribution in [2.75, 3.05) is 20.8 Å². The summed E-state index contributed by atoms with van der Waals surface area (Å²) in [5.41, 5.74) is 1.16. The number of aliphatic hydroxyl groups excluding tert-OH is 3. The fourth-order valence-corrected chi connectivity index (χ4v) is 9.90. The Morgan fingerprint density at radius 1 is 0.859 bits per heavy atom. The Kier molecular flexibility index (Phi) is 20.3. The Labute approximate surface area is 380 Å². The van der Waals surface area contributed by atoms with Gasteiger partial charge in [-0.05, 0) is 107 Å². The monoisotopic (exact) mass is 900 g/mol. The summed E-state index contributed by atoms with van der Waals surface area (Å²) in [4.78, 5) is 71.5. The molecular weight excluding hydrogens is 823 g/mol. The van der Waals surface area contributed by atoms with E-state index in [0.717, 1.165) is 5.57 Å². The van der Waals surface area contributed by atoms with Gasteiger partial charge >= 0.3 is 5.97 Å². The molecule has 0 aromatic carbocycles. The molecule has 1 saturated carbocycles. The molecule has 15 unspecified atom stereocenters. The van der Waals surface area contributed by atoms with Gasteiger partial charge in [-0.15, -0.1) is 0 Å². The van der Waals surface area contributed by atoms with Crippen LogP contribution in [0.4, 0.5) is 0 Å². The number of nitrogens with zero attached hydrogens (tertiary/aromatic N) is 1. The van der Waals surface area contributed by atoms with Crippen LogP contribution < -0.4 is 0 Å². The van der Waals surface area contributed by atoms with Crippen LogP contribution in [0.25, 0.3) is 0 Å². The van der Waals surface area contributed by atoms with Crippen LogP contribution in [0.5, 0.6) is 0 Å². The Morgan fingerprint density at radius 3 is 2.25 bits per heavy atom. The number of ether oxygens (including phenoxy) is 4. The van der Waals surface area contributed by atoms with Crippen LogP contribution in [-0.2, 0) is 42.9 Å². The van der Waals surface area contributed by atoms with Gasteiger partial charge in [0.05, 0.1) is 30.5 Å². The predicted octanol–water partition coefficient (Wildman–Crippen LogP) is 5.53. The molecular formula is C50H77NO13. The fraction of sp³-hybridized carbons (Fsp3) is 0.740. The van der Waals surface area contributed by atoms with Gasteiger partial charge < -0.3 is 44.3 Å². The average Bonchev–Trinajstić information content (AvgIpc) is 3.26. The highest BCUT2D eigenvalue weighted by Gasteiger charge is 2.53. The van der Waals surface area contributed by atoms with Crippen molar-refractivity contribution < 1.29 is 63.3 Å². The third kappa shape index (κ3) is 13.8. The number of amides is 1. The SMILES string of the molecule is COC1CC2CCC(C)C(O)(O2)C(=O)C(=O)N2CCCCC2C(=O)OC(C(C)CC2CCC(O)C(O)C2)CC(=O)/C(C)=C\C(C)C(O)C(OC)C(=O)C(C)CC(C)C=CC=CC=C1C. The van der Waals surface area contributed by atoms with Gasteiger partial charge in [0.15, 0.2) is 11.6 Å². The zero-order valence-corrected chi connectivity index (χ0v) is 39.6. The molecule has 4 N–H and O–H groups in total. The summed E-state index contributed by atoms with van der Waals surface area (Å²) in [7, 11) is 2.94. The Balaban J connectivity index is 1.70. The topological polar surface area (TPSA) is 206 Å². The van der Waals surface area contributed by atoms with E-state index in [4.69, 9.17) is 18.9 Å². The van der Waals surface area contributed by atoms with Gasteiger partial charge in [-0.2, -0.15) is 0 Å². The second-order valence-corrected chi connectivity index (χ2v) is 19.4. The van der Waals surface area contributed by atoms with Crippen LogP contribution in [-0.4, -0.2) is 130 Å². The smallest absolute Gasteiger partial charge is 0.329 e. The maximum atomic E-state index is 14.3. The number of Topliss-reactive ketones (excluding diaryl/α,β-unsaturated/α-hetero) is 3. The van der Waals surface area contributed by atoms with Gasteiger partial charge in [-0.3, -0.25) is 19.2 Å². The molecule has 4 aliphatic rings. The molecule has 2 saturated heterocycles. The maximum Gasteiger partial charge on any atom is 0.329 e. The minimum absolute atomic E-state index is 0.0161. The molecule has 1 aliphatic carbocycles. The molecule has 360 valence electrons. The maximum absolute atomic E-state index is 14.3. The third-order valence-electron chi connectivity index (χ3n) is 14.2. The highest BCUT2D eigenvalue weighted by molar-refractivity contribution is 6.39. The van der Waals surface area contributed by atoms with E-state index in [0.29, 0.717) is 64.2 Å². The lowest BCUT2D eigenvalue weighted by Gasteiger charge is -2.42. The minimum atomic E-state index is -2.44. The fourth-order valence-electron chi connectivity index (χ4n) is 9.90. The van der Waals surface area contributed by atoms with E-state index < -0.39 is 95.9 Å². The van der Waals surface area contributed by atoms with E-state index in [-0.39, 0.29) is 48.4 Å². The molecule has 14 nitrogen and oxygen atoms in total. The summed E-state index contributed by atoms with van der Waals surface area (Å²) in [6.45, 7) is 12.6. The number of carbonyl (C=O) groups excluding carboxylic acids is 5. The summed E-state index contributed by atoms with van der Waals surface area (Å²) < 4.78 is 23.7. The van der Waals surface area contributed by atoms with Crippen molar-refractivity contribution in [2.45, 2.75) is 180 Å². The lowest BCUT2D eigenvalue weighted by molar-refractivity contribution is -0.265. The van der Waals surface area contributed by atoms with Gasteiger partial charge in [0.25, 0.3) is 11.7 Å². The van der Waals surface area contributed by atoms with E-state index >= 15 is 0 Å². The van der Waals surface area contributed by atoms with E-state index in [1.54, 1.807) is 34.0 Å². The van der Waals surface area contributed by atoms with Crippen molar-refractivity contribution in [2.24, 2.45) is 35.5 Å². The van der Waals surface area contributed by atoms with Crippen molar-refractivity contribution >= 4 is 29.2 Å². The molecule has 64 heavy (non-hydrogen) atoms. The van der Waals surface area contributed by atoms with E-state index in [2.05, 4.69) is 0 Å². The van der Waals surface area contributed by atoms with Crippen molar-refractivity contribution in [1.82, 2.24) is 4.90 Å². The summed E-state index contributed by atoms with van der Waals surface area (Å²) in [5, 5.41) is 43.9. The second kappa shape index (κ2) is 24.4. The Hall–Kier alpha value is -3.37. The van der Waals surface area contributed by atoms with Gasteiger partial charge in [0.2, 0.25) is 5.79 Å². The molecule has 0 aromatic rings. The molecule has 1 amide bonds. The summed E-state index contributed by atoms with van der Waals surface area (Å²) in [5.74, 6) is -8.26. The highest BCUT2D eigenvalue weighted by atomic mass is 16.6. The number of hydrogen-bond donors (Lipinski definition) is 4. The first-order chi connectivity index (χ1) is 30.2. The second-order valence-electron chi connectivity index (χ2n) is 19.4. The lowest BCUT2D eigenvalue weighted by atomic mass is 9.78. The molecule has 14 heteroatoms. The molecule has 3 fully saturated rings. The first-order valence-electron chi connectivity index (χ1n) is 23.5. The quantitative estimate of drug-likeness (QED) is 0.198. The molecule has 0 spiro atoms. The van der Waals surface area contributed by atoms with Gasteiger partial charge in [-0.25, -0.2) is 4.79 Å². The molecule has 3 heterocycles. The largest absolute Gasteiger partial charge is 0.460 e. The standard InChI is InChI=1S/C50H77NO13/c1-29-15-11-10-12-16-30(2)42(61-8)27-37-20-18-35(7)50(60,64-37)47(57)48(58)51-22-14-13-17-38(51)49(59)63-43(32(4)25-36-19-21-39(52)41(54)26-36)28-40(53)31(3)24-34(6)45(56)46(62-9)44(55)33(5)23-29/h10-12,15-16,24,29,32-39,41-43,45-46,52,54,56,60H,13-14,17-23,25-28H2,1-9H3/b12-10?,15-11?,30-16?,31-24-. The van der Waals surface area contributed by atoms with E-state index in [9.17, 15) is 44.4 Å². The van der Waals surface area contributed by atoms with E-state index in [1.807, 2.05) is 58.1 Å². The molecule has 4 rings (SSSR count). The number of methoxy groups -OCH3 is 2. The normalized spacial score (nSPS) is 39.0. The number of piperidine rings is 1. The molecule has 15 atom stereocenters. The number of esters is 1. The lowest BCUT2D eigenvalue weighted by Crippen LogP contribution is -2.61. The van der Waals surface area contributed by atoms with Crippen LogP contribution in [0.15, 0.2) is 47.6 Å². The van der Waals surface area contributed by atoms with Gasteiger partial charge in [-0.1, -0.05) is 71.1 Å². The van der Waals surface area contributed by atoms with Crippen molar-refractivity contribution in [1.29, 1.82) is 0 Å².